The number of carboxylic acids is 1. The molecule has 1 aromatic rings. The minimum absolute atomic E-state index is 0.0712. The summed E-state index contributed by atoms with van der Waals surface area (Å²) >= 11 is 5.67. The Morgan fingerprint density at radius 2 is 2.15 bits per heavy atom. The predicted molar refractivity (Wildman–Crippen MR) is 72.3 cm³/mol. The van der Waals surface area contributed by atoms with Gasteiger partial charge in [-0.1, -0.05) is 17.7 Å². The SMILES string of the molecule is CC1CC(C(=O)O)CCN1C(=O)c1cccc(Cl)c1F. The van der Waals surface area contributed by atoms with Gasteiger partial charge in [-0.05, 0) is 31.9 Å². The molecule has 1 amide bonds. The molecule has 1 aliphatic rings. The van der Waals surface area contributed by atoms with Crippen LogP contribution < -0.4 is 0 Å². The third kappa shape index (κ3) is 2.77. The molecule has 2 atom stereocenters. The van der Waals surface area contributed by atoms with Gasteiger partial charge in [-0.2, -0.15) is 0 Å². The van der Waals surface area contributed by atoms with E-state index in [1.807, 2.05) is 0 Å². The van der Waals surface area contributed by atoms with Crippen molar-refractivity contribution in [3.63, 3.8) is 0 Å². The van der Waals surface area contributed by atoms with E-state index in [1.165, 1.54) is 23.1 Å². The average Bonchev–Trinajstić information content (AvgIpc) is 2.41. The molecule has 1 aromatic carbocycles. The molecule has 108 valence electrons. The second-order valence-corrected chi connectivity index (χ2v) is 5.42. The Bertz CT molecular complexity index is 549. The average molecular weight is 300 g/mol. The lowest BCUT2D eigenvalue weighted by Gasteiger charge is -2.36. The third-order valence-electron chi connectivity index (χ3n) is 3.67. The Kier molecular flexibility index (Phi) is 4.28. The van der Waals surface area contributed by atoms with Crippen molar-refractivity contribution in [2.24, 2.45) is 5.92 Å². The number of carboxylic acid groups (broad SMARTS) is 1. The van der Waals surface area contributed by atoms with Crippen LogP contribution in [0.1, 0.15) is 30.1 Å². The number of amides is 1. The molecule has 4 nitrogen and oxygen atoms in total. The standard InChI is InChI=1S/C14H15ClFNO3/c1-8-7-9(14(19)20)5-6-17(8)13(18)10-3-2-4-11(15)12(10)16/h2-4,8-9H,5-7H2,1H3,(H,19,20). The number of likely N-dealkylation sites (tertiary alicyclic amines) is 1. The number of halogens is 2. The number of benzene rings is 1. The van der Waals surface area contributed by atoms with Gasteiger partial charge in [0.25, 0.3) is 5.91 Å². The zero-order valence-corrected chi connectivity index (χ0v) is 11.7. The smallest absolute Gasteiger partial charge is 0.306 e. The fraction of sp³-hybridized carbons (Fsp3) is 0.429. The van der Waals surface area contributed by atoms with Crippen molar-refractivity contribution < 1.29 is 19.1 Å². The molecule has 0 aliphatic carbocycles. The molecule has 2 rings (SSSR count). The highest BCUT2D eigenvalue weighted by Crippen LogP contribution is 2.26. The molecule has 1 saturated heterocycles. The van der Waals surface area contributed by atoms with E-state index < -0.39 is 23.6 Å². The molecule has 1 heterocycles. The molecule has 6 heteroatoms. The van der Waals surface area contributed by atoms with E-state index in [1.54, 1.807) is 6.92 Å². The normalized spacial score (nSPS) is 22.6. The molecule has 0 bridgehead atoms. The number of carbonyl (C=O) groups excluding carboxylic acids is 1. The quantitative estimate of drug-likeness (QED) is 0.913. The van der Waals surface area contributed by atoms with Crippen molar-refractivity contribution in [1.82, 2.24) is 4.90 Å². The zero-order valence-electron chi connectivity index (χ0n) is 11.0. The Hall–Kier alpha value is -1.62. The molecule has 1 aliphatic heterocycles. The van der Waals surface area contributed by atoms with E-state index >= 15 is 0 Å². The molecule has 1 fully saturated rings. The highest BCUT2D eigenvalue weighted by molar-refractivity contribution is 6.31. The van der Waals surface area contributed by atoms with Gasteiger partial charge in [0.05, 0.1) is 16.5 Å². The highest BCUT2D eigenvalue weighted by atomic mass is 35.5. The minimum Gasteiger partial charge on any atom is -0.481 e. The number of nitrogens with zero attached hydrogens (tertiary/aromatic N) is 1. The Balaban J connectivity index is 2.18. The van der Waals surface area contributed by atoms with Crippen LogP contribution in [0.3, 0.4) is 0 Å². The maximum Gasteiger partial charge on any atom is 0.306 e. The summed E-state index contributed by atoms with van der Waals surface area (Å²) in [5, 5.41) is 8.90. The Morgan fingerprint density at radius 3 is 2.75 bits per heavy atom. The summed E-state index contributed by atoms with van der Waals surface area (Å²) < 4.78 is 13.9. The highest BCUT2D eigenvalue weighted by Gasteiger charge is 2.33. The van der Waals surface area contributed by atoms with Crippen LogP contribution in [0.15, 0.2) is 18.2 Å². The van der Waals surface area contributed by atoms with Crippen molar-refractivity contribution in [2.75, 3.05) is 6.54 Å². The van der Waals surface area contributed by atoms with Crippen LogP contribution in [0.5, 0.6) is 0 Å². The fourth-order valence-electron chi connectivity index (χ4n) is 2.52. The van der Waals surface area contributed by atoms with Crippen LogP contribution >= 0.6 is 11.6 Å². The van der Waals surface area contributed by atoms with E-state index in [0.717, 1.165) is 0 Å². The molecule has 0 radical (unpaired) electrons. The summed E-state index contributed by atoms with van der Waals surface area (Å²) in [7, 11) is 0. The summed E-state index contributed by atoms with van der Waals surface area (Å²) in [5.74, 6) is -2.47. The second kappa shape index (κ2) is 5.79. The lowest BCUT2D eigenvalue weighted by molar-refractivity contribution is -0.143. The monoisotopic (exact) mass is 299 g/mol. The first-order chi connectivity index (χ1) is 9.41. The Morgan fingerprint density at radius 1 is 1.45 bits per heavy atom. The number of aliphatic carboxylic acids is 1. The molecular weight excluding hydrogens is 285 g/mol. The molecule has 0 aromatic heterocycles. The van der Waals surface area contributed by atoms with E-state index in [-0.39, 0.29) is 16.6 Å². The van der Waals surface area contributed by atoms with Gasteiger partial charge in [0.1, 0.15) is 0 Å². The van der Waals surface area contributed by atoms with Gasteiger partial charge < -0.3 is 10.0 Å². The van der Waals surface area contributed by atoms with E-state index in [4.69, 9.17) is 16.7 Å². The van der Waals surface area contributed by atoms with Gasteiger partial charge >= 0.3 is 5.97 Å². The van der Waals surface area contributed by atoms with Crippen LogP contribution in [0, 0.1) is 11.7 Å². The van der Waals surface area contributed by atoms with Gasteiger partial charge in [-0.3, -0.25) is 9.59 Å². The number of carbonyl (C=O) groups is 2. The number of piperidine rings is 1. The predicted octanol–water partition coefficient (Wildman–Crippen LogP) is 2.80. The van der Waals surface area contributed by atoms with Gasteiger partial charge in [-0.15, -0.1) is 0 Å². The fourth-order valence-corrected chi connectivity index (χ4v) is 2.70. The van der Waals surface area contributed by atoms with E-state index in [0.29, 0.717) is 19.4 Å². The van der Waals surface area contributed by atoms with Gasteiger partial charge in [0.2, 0.25) is 0 Å². The number of hydrogen-bond acceptors (Lipinski definition) is 2. The lowest BCUT2D eigenvalue weighted by atomic mass is 9.91. The minimum atomic E-state index is -0.849. The Labute approximate surface area is 121 Å². The molecule has 2 unspecified atom stereocenters. The summed E-state index contributed by atoms with van der Waals surface area (Å²) in [6, 6.07) is 4.05. The molecule has 0 spiro atoms. The molecular formula is C14H15ClFNO3. The first kappa shape index (κ1) is 14.8. The number of rotatable bonds is 2. The largest absolute Gasteiger partial charge is 0.481 e. The van der Waals surface area contributed by atoms with Crippen LogP contribution in [-0.2, 0) is 4.79 Å². The lowest BCUT2D eigenvalue weighted by Crippen LogP contribution is -2.46. The first-order valence-electron chi connectivity index (χ1n) is 6.39. The summed E-state index contributed by atoms with van der Waals surface area (Å²) in [6.45, 7) is 2.08. The third-order valence-corrected chi connectivity index (χ3v) is 3.96. The van der Waals surface area contributed by atoms with Crippen molar-refractivity contribution >= 4 is 23.5 Å². The van der Waals surface area contributed by atoms with Crippen molar-refractivity contribution in [3.05, 3.63) is 34.6 Å². The maximum atomic E-state index is 13.9. The maximum absolute atomic E-state index is 13.9. The van der Waals surface area contributed by atoms with Gasteiger partial charge in [0.15, 0.2) is 5.82 Å². The molecule has 1 N–H and O–H groups in total. The molecule has 0 saturated carbocycles. The first-order valence-corrected chi connectivity index (χ1v) is 6.77. The van der Waals surface area contributed by atoms with E-state index in [2.05, 4.69) is 0 Å². The van der Waals surface area contributed by atoms with Crippen molar-refractivity contribution in [2.45, 2.75) is 25.8 Å². The summed E-state index contributed by atoms with van der Waals surface area (Å²) in [5.41, 5.74) is -0.0712. The van der Waals surface area contributed by atoms with Crippen LogP contribution in [0.2, 0.25) is 5.02 Å². The van der Waals surface area contributed by atoms with Gasteiger partial charge in [-0.25, -0.2) is 4.39 Å². The van der Waals surface area contributed by atoms with Gasteiger partial charge in [0, 0.05) is 12.6 Å². The zero-order chi connectivity index (χ0) is 14.9. The van der Waals surface area contributed by atoms with Crippen molar-refractivity contribution in [3.8, 4) is 0 Å². The second-order valence-electron chi connectivity index (χ2n) is 5.01. The molecule has 20 heavy (non-hydrogen) atoms. The topological polar surface area (TPSA) is 57.6 Å². The van der Waals surface area contributed by atoms with E-state index in [9.17, 15) is 14.0 Å². The summed E-state index contributed by atoms with van der Waals surface area (Å²) in [6.07, 6.45) is 0.761. The van der Waals surface area contributed by atoms with Crippen LogP contribution in [0.25, 0.3) is 0 Å². The summed E-state index contributed by atoms with van der Waals surface area (Å²) in [4.78, 5) is 24.8. The van der Waals surface area contributed by atoms with Crippen LogP contribution in [0.4, 0.5) is 4.39 Å². The number of hydrogen-bond donors (Lipinski definition) is 1. The van der Waals surface area contributed by atoms with Crippen LogP contribution in [-0.4, -0.2) is 34.5 Å². The van der Waals surface area contributed by atoms with Crippen molar-refractivity contribution in [1.29, 1.82) is 0 Å².